The normalized spacial score (nSPS) is 13.4. The SMILES string of the molecule is [2H]c1c([2H])c([2H])c(-c2cc3c4c(c2)n(-c2cccc(Oc5ccc6c7ccccc7n(-c7cc(C(C)(C)C)ccn7)c6c5)c2)[c-][n+]4-c2c(cccc2C(C)(C)C)-c2ccccc2-c2ccccc2-3)c([2H])c1[2H]. The van der Waals surface area contributed by atoms with Gasteiger partial charge in [0.25, 0.3) is 6.33 Å². The molecule has 4 heterocycles. The predicted octanol–water partition coefficient (Wildman–Crippen LogP) is 15.6. The molecule has 0 unspecified atom stereocenters. The minimum absolute atomic E-state index is 0.0653. The number of imidazole rings is 1. The number of rotatable bonds is 5. The fraction of sp³-hybridized carbons (Fsp3) is 0.129. The van der Waals surface area contributed by atoms with Crippen LogP contribution in [0.2, 0.25) is 0 Å². The van der Waals surface area contributed by atoms with E-state index in [4.69, 9.17) is 13.8 Å². The highest BCUT2D eigenvalue weighted by Crippen LogP contribution is 2.46. The molecule has 0 amide bonds. The molecule has 0 aliphatic carbocycles. The van der Waals surface area contributed by atoms with E-state index in [0.29, 0.717) is 17.1 Å². The zero-order valence-electron chi connectivity index (χ0n) is 43.3. The summed E-state index contributed by atoms with van der Waals surface area (Å²) in [7, 11) is 0. The first-order valence-electron chi connectivity index (χ1n) is 25.3. The minimum Gasteiger partial charge on any atom is -0.458 e. The third-order valence-corrected chi connectivity index (χ3v) is 13.1. The molecular weight excluding hydrogens is 817 g/mol. The smallest absolute Gasteiger partial charge is 0.269 e. The predicted molar refractivity (Wildman–Crippen MR) is 275 cm³/mol. The average Bonchev–Trinajstić information content (AvgIpc) is 3.93. The van der Waals surface area contributed by atoms with Crippen LogP contribution < -0.4 is 9.30 Å². The van der Waals surface area contributed by atoms with E-state index in [9.17, 15) is 2.74 Å². The number of nitrogens with zero attached hydrogens (tertiary/aromatic N) is 4. The van der Waals surface area contributed by atoms with Crippen molar-refractivity contribution in [2.24, 2.45) is 0 Å². The lowest BCUT2D eigenvalue weighted by Crippen LogP contribution is -2.35. The van der Waals surface area contributed by atoms with Crippen molar-refractivity contribution >= 4 is 32.8 Å². The Morgan fingerprint density at radius 2 is 1.19 bits per heavy atom. The molecule has 0 atom stereocenters. The van der Waals surface area contributed by atoms with Crippen molar-refractivity contribution in [2.75, 3.05) is 0 Å². The summed E-state index contributed by atoms with van der Waals surface area (Å²) < 4.78 is 57.5. The molecule has 8 aromatic carbocycles. The van der Waals surface area contributed by atoms with Crippen molar-refractivity contribution in [3.05, 3.63) is 212 Å². The Labute approximate surface area is 398 Å². The number of aromatic nitrogens is 4. The van der Waals surface area contributed by atoms with E-state index >= 15 is 0 Å². The molecule has 12 rings (SSSR count). The second-order valence-corrected chi connectivity index (χ2v) is 19.5. The van der Waals surface area contributed by atoms with Gasteiger partial charge in [-0.15, -0.1) is 0 Å². The summed E-state index contributed by atoms with van der Waals surface area (Å²) in [5.74, 6) is 2.08. The maximum absolute atomic E-state index is 9.19. The van der Waals surface area contributed by atoms with Crippen LogP contribution in [0.4, 0.5) is 0 Å². The molecule has 0 spiro atoms. The van der Waals surface area contributed by atoms with Crippen LogP contribution in [0, 0.1) is 6.33 Å². The van der Waals surface area contributed by atoms with Crippen molar-refractivity contribution in [1.29, 1.82) is 0 Å². The van der Waals surface area contributed by atoms with Crippen LogP contribution >= 0.6 is 0 Å². The largest absolute Gasteiger partial charge is 0.458 e. The van der Waals surface area contributed by atoms with Gasteiger partial charge in [0.15, 0.2) is 0 Å². The van der Waals surface area contributed by atoms with E-state index in [0.717, 1.165) is 89.0 Å². The van der Waals surface area contributed by atoms with Gasteiger partial charge in [0.2, 0.25) is 0 Å². The summed E-state index contributed by atoms with van der Waals surface area (Å²) in [4.78, 5) is 4.89. The standard InChI is InChI=1S/C62H50N4O/c1-61(2,3)42-32-33-63-58(36-42)66-55-29-15-14-26-50(55)51-31-30-45(38-56(51)66)67-44-21-16-20-43(37-44)64-39-65-59-52(27-17-28-54(59)62(4,5)6)48-24-12-10-22-46(48)47-23-11-13-25-49(47)53-34-41(35-57(64)60(53)65)40-18-8-7-9-19-40/h7-38H,1-6H3/i7D,8D,9D,18D,19D. The molecule has 0 saturated carbocycles. The van der Waals surface area contributed by atoms with Crippen LogP contribution in [0.3, 0.4) is 0 Å². The number of para-hydroxylation sites is 2. The number of ether oxygens (including phenoxy) is 1. The van der Waals surface area contributed by atoms with E-state index in [-0.39, 0.29) is 28.5 Å². The molecule has 5 heteroatoms. The second-order valence-electron chi connectivity index (χ2n) is 19.5. The highest BCUT2D eigenvalue weighted by molar-refractivity contribution is 6.09. The molecule has 11 aromatic rings. The van der Waals surface area contributed by atoms with Crippen LogP contribution in [-0.4, -0.2) is 14.1 Å². The minimum atomic E-state index is -0.437. The molecule has 1 aliphatic rings. The molecular formula is C62H50N4O. The third-order valence-electron chi connectivity index (χ3n) is 13.1. The highest BCUT2D eigenvalue weighted by Gasteiger charge is 2.29. The van der Waals surface area contributed by atoms with Gasteiger partial charge in [-0.25, -0.2) is 4.98 Å². The molecule has 0 fully saturated rings. The Kier molecular flexibility index (Phi) is 8.05. The highest BCUT2D eigenvalue weighted by atomic mass is 16.5. The molecule has 0 bridgehead atoms. The van der Waals surface area contributed by atoms with Gasteiger partial charge < -0.3 is 4.74 Å². The Bertz CT molecular complexity index is 4030. The van der Waals surface area contributed by atoms with Crippen molar-refractivity contribution in [2.45, 2.75) is 52.4 Å². The van der Waals surface area contributed by atoms with E-state index in [1.54, 1.807) is 0 Å². The van der Waals surface area contributed by atoms with Crippen LogP contribution in [-0.2, 0) is 10.8 Å². The van der Waals surface area contributed by atoms with Crippen molar-refractivity contribution in [3.63, 3.8) is 0 Å². The quantitative estimate of drug-likeness (QED) is 0.128. The van der Waals surface area contributed by atoms with Gasteiger partial charge in [-0.3, -0.25) is 13.7 Å². The first kappa shape index (κ1) is 35.3. The molecule has 0 N–H and O–H groups in total. The van der Waals surface area contributed by atoms with Crippen molar-refractivity contribution in [1.82, 2.24) is 14.1 Å². The molecule has 324 valence electrons. The summed E-state index contributed by atoms with van der Waals surface area (Å²) in [5, 5.41) is 2.21. The Morgan fingerprint density at radius 1 is 0.537 bits per heavy atom. The number of benzene rings is 8. The second kappa shape index (κ2) is 15.3. The number of hydrogen-bond donors (Lipinski definition) is 0. The van der Waals surface area contributed by atoms with Gasteiger partial charge >= 0.3 is 0 Å². The van der Waals surface area contributed by atoms with Crippen LogP contribution in [0.25, 0.3) is 94.5 Å². The third kappa shape index (κ3) is 6.76. The Hall–Kier alpha value is -8.02. The number of pyridine rings is 1. The van der Waals surface area contributed by atoms with E-state index in [1.807, 2.05) is 65.4 Å². The topological polar surface area (TPSA) is 35.9 Å². The molecule has 5 nitrogen and oxygen atoms in total. The summed E-state index contributed by atoms with van der Waals surface area (Å²) in [6, 6.07) is 52.3. The van der Waals surface area contributed by atoms with Crippen LogP contribution in [0.1, 0.15) is 59.5 Å². The van der Waals surface area contributed by atoms with E-state index in [2.05, 4.69) is 160 Å². The van der Waals surface area contributed by atoms with E-state index in [1.165, 1.54) is 5.56 Å². The summed E-state index contributed by atoms with van der Waals surface area (Å²) >= 11 is 0. The first-order chi connectivity index (χ1) is 34.6. The number of hydrogen-bond acceptors (Lipinski definition) is 2. The van der Waals surface area contributed by atoms with Gasteiger partial charge in [-0.05, 0) is 121 Å². The summed E-state index contributed by atoms with van der Waals surface area (Å²) in [6.45, 7) is 13.3. The maximum atomic E-state index is 9.19. The molecule has 0 saturated heterocycles. The summed E-state index contributed by atoms with van der Waals surface area (Å²) in [5.41, 5.74) is 13.8. The average molecular weight is 872 g/mol. The van der Waals surface area contributed by atoms with Gasteiger partial charge in [-0.1, -0.05) is 169 Å². The van der Waals surface area contributed by atoms with Gasteiger partial charge in [-0.2, -0.15) is 0 Å². The van der Waals surface area contributed by atoms with Crippen molar-refractivity contribution in [3.8, 4) is 73.2 Å². The van der Waals surface area contributed by atoms with E-state index < -0.39 is 18.1 Å². The van der Waals surface area contributed by atoms with Gasteiger partial charge in [0.1, 0.15) is 17.3 Å². The lowest BCUT2D eigenvalue weighted by atomic mass is 9.82. The summed E-state index contributed by atoms with van der Waals surface area (Å²) in [6.07, 6.45) is 5.74. The zero-order chi connectivity index (χ0) is 50.0. The molecule has 1 aliphatic heterocycles. The van der Waals surface area contributed by atoms with Crippen LogP contribution in [0.15, 0.2) is 194 Å². The van der Waals surface area contributed by atoms with Crippen LogP contribution in [0.5, 0.6) is 11.5 Å². The first-order valence-corrected chi connectivity index (χ1v) is 22.8. The fourth-order valence-electron chi connectivity index (χ4n) is 9.93. The Morgan fingerprint density at radius 3 is 1.94 bits per heavy atom. The fourth-order valence-corrected chi connectivity index (χ4v) is 9.93. The maximum Gasteiger partial charge on any atom is 0.269 e. The lowest BCUT2D eigenvalue weighted by Gasteiger charge is -2.26. The number of fused-ring (bicyclic) bond motifs is 10. The Balaban J connectivity index is 1.11. The molecule has 67 heavy (non-hydrogen) atoms. The molecule has 3 aromatic heterocycles. The zero-order valence-corrected chi connectivity index (χ0v) is 38.3. The molecule has 0 radical (unpaired) electrons. The monoisotopic (exact) mass is 871 g/mol. The van der Waals surface area contributed by atoms with Gasteiger partial charge in [0.05, 0.1) is 40.3 Å². The lowest BCUT2D eigenvalue weighted by molar-refractivity contribution is -0.572. The van der Waals surface area contributed by atoms with Crippen molar-refractivity contribution < 1.29 is 16.2 Å². The van der Waals surface area contributed by atoms with Gasteiger partial charge in [0, 0.05) is 23.0 Å².